The number of methoxy groups -OCH3 is 1. The molecule has 1 atom stereocenters. The van der Waals surface area contributed by atoms with Crippen LogP contribution in [0.4, 0.5) is 11.4 Å². The standard InChI is InChI=1S/C19H17N3O6/c1-11(18(23)20-13-4-6-14(7-5-13)22(25)26)28-19(24)17-9-12-3-8-15(27-2)10-16(12)21-17/h3-11,21H,1-2H3,(H,20,23). The number of amides is 1. The summed E-state index contributed by atoms with van der Waals surface area (Å²) in [7, 11) is 1.55. The van der Waals surface area contributed by atoms with E-state index in [1.165, 1.54) is 31.2 Å². The molecule has 9 nitrogen and oxygen atoms in total. The number of aromatic amines is 1. The van der Waals surface area contributed by atoms with Crippen molar-refractivity contribution in [3.63, 3.8) is 0 Å². The highest BCUT2D eigenvalue weighted by molar-refractivity contribution is 5.99. The van der Waals surface area contributed by atoms with Crippen molar-refractivity contribution in [1.82, 2.24) is 4.98 Å². The number of rotatable bonds is 6. The molecule has 1 aromatic heterocycles. The molecule has 2 aromatic carbocycles. The number of nitrogens with one attached hydrogen (secondary N) is 2. The van der Waals surface area contributed by atoms with Crippen LogP contribution in [0.1, 0.15) is 17.4 Å². The molecule has 28 heavy (non-hydrogen) atoms. The predicted molar refractivity (Wildman–Crippen MR) is 101 cm³/mol. The van der Waals surface area contributed by atoms with E-state index in [9.17, 15) is 19.7 Å². The van der Waals surface area contributed by atoms with Gasteiger partial charge in [0.1, 0.15) is 11.4 Å². The molecular weight excluding hydrogens is 366 g/mol. The number of benzene rings is 2. The van der Waals surface area contributed by atoms with Gasteiger partial charge in [0, 0.05) is 34.8 Å². The summed E-state index contributed by atoms with van der Waals surface area (Å²) in [4.78, 5) is 37.6. The number of aromatic nitrogens is 1. The molecule has 1 unspecified atom stereocenters. The molecule has 0 saturated carbocycles. The number of hydrogen-bond acceptors (Lipinski definition) is 6. The van der Waals surface area contributed by atoms with Crippen LogP contribution in [0.2, 0.25) is 0 Å². The number of nitrogens with zero attached hydrogens (tertiary/aromatic N) is 1. The van der Waals surface area contributed by atoms with Crippen molar-refractivity contribution in [1.29, 1.82) is 0 Å². The maximum atomic E-state index is 12.3. The normalized spacial score (nSPS) is 11.6. The molecule has 0 fully saturated rings. The third kappa shape index (κ3) is 4.09. The fraction of sp³-hybridized carbons (Fsp3) is 0.158. The van der Waals surface area contributed by atoms with Gasteiger partial charge >= 0.3 is 5.97 Å². The molecule has 3 rings (SSSR count). The van der Waals surface area contributed by atoms with Gasteiger partial charge in [-0.15, -0.1) is 0 Å². The van der Waals surface area contributed by atoms with Crippen molar-refractivity contribution >= 4 is 34.2 Å². The van der Waals surface area contributed by atoms with E-state index in [0.717, 1.165) is 5.39 Å². The van der Waals surface area contributed by atoms with Crippen LogP contribution in [0.15, 0.2) is 48.5 Å². The molecule has 0 saturated heterocycles. The van der Waals surface area contributed by atoms with E-state index in [-0.39, 0.29) is 11.4 Å². The molecular formula is C19H17N3O6. The lowest BCUT2D eigenvalue weighted by Gasteiger charge is -2.13. The third-order valence-electron chi connectivity index (χ3n) is 4.05. The van der Waals surface area contributed by atoms with Crippen LogP contribution in [0, 0.1) is 10.1 Å². The average molecular weight is 383 g/mol. The summed E-state index contributed by atoms with van der Waals surface area (Å²) >= 11 is 0. The van der Waals surface area contributed by atoms with Crippen LogP contribution in [-0.4, -0.2) is 35.0 Å². The zero-order valence-electron chi connectivity index (χ0n) is 15.1. The number of nitro benzene ring substituents is 1. The topological polar surface area (TPSA) is 124 Å². The molecule has 0 bridgehead atoms. The molecule has 0 aliphatic heterocycles. The minimum Gasteiger partial charge on any atom is -0.497 e. The number of nitro groups is 1. The third-order valence-corrected chi connectivity index (χ3v) is 4.05. The second kappa shape index (κ2) is 7.78. The molecule has 2 N–H and O–H groups in total. The van der Waals surface area contributed by atoms with Gasteiger partial charge in [0.15, 0.2) is 6.10 Å². The molecule has 144 valence electrons. The molecule has 0 spiro atoms. The number of fused-ring (bicyclic) bond motifs is 1. The second-order valence-corrected chi connectivity index (χ2v) is 5.98. The Morgan fingerprint density at radius 3 is 2.50 bits per heavy atom. The first-order chi connectivity index (χ1) is 13.4. The van der Waals surface area contributed by atoms with Crippen molar-refractivity contribution in [2.45, 2.75) is 13.0 Å². The van der Waals surface area contributed by atoms with Crippen LogP contribution < -0.4 is 10.1 Å². The number of ether oxygens (including phenoxy) is 2. The zero-order chi connectivity index (χ0) is 20.3. The van der Waals surface area contributed by atoms with E-state index < -0.39 is 22.9 Å². The Morgan fingerprint density at radius 1 is 1.14 bits per heavy atom. The fourth-order valence-corrected chi connectivity index (χ4v) is 2.53. The monoisotopic (exact) mass is 383 g/mol. The second-order valence-electron chi connectivity index (χ2n) is 5.98. The number of anilines is 1. The Bertz CT molecular complexity index is 1040. The number of non-ortho nitro benzene ring substituents is 1. The van der Waals surface area contributed by atoms with Gasteiger partial charge in [0.25, 0.3) is 11.6 Å². The lowest BCUT2D eigenvalue weighted by atomic mass is 10.2. The Kier molecular flexibility index (Phi) is 5.25. The number of esters is 1. The van der Waals surface area contributed by atoms with Crippen molar-refractivity contribution in [3.05, 3.63) is 64.3 Å². The summed E-state index contributed by atoms with van der Waals surface area (Å²) in [5.74, 6) is -0.591. The van der Waals surface area contributed by atoms with Crippen LogP contribution >= 0.6 is 0 Å². The minimum absolute atomic E-state index is 0.0899. The quantitative estimate of drug-likeness (QED) is 0.382. The summed E-state index contributed by atoms with van der Waals surface area (Å²) in [5, 5.41) is 14.0. The van der Waals surface area contributed by atoms with Gasteiger partial charge in [0.05, 0.1) is 12.0 Å². The predicted octanol–water partition coefficient (Wildman–Crippen LogP) is 3.27. The Hall–Kier alpha value is -3.88. The summed E-state index contributed by atoms with van der Waals surface area (Å²) in [6.07, 6.45) is -1.07. The van der Waals surface area contributed by atoms with Crippen molar-refractivity contribution in [2.24, 2.45) is 0 Å². The maximum Gasteiger partial charge on any atom is 0.355 e. The number of carbonyl (C=O) groups excluding carboxylic acids is 2. The Morgan fingerprint density at radius 2 is 1.86 bits per heavy atom. The summed E-state index contributed by atoms with van der Waals surface area (Å²) < 4.78 is 10.3. The van der Waals surface area contributed by atoms with Crippen molar-refractivity contribution in [2.75, 3.05) is 12.4 Å². The molecule has 1 heterocycles. The number of hydrogen-bond donors (Lipinski definition) is 2. The number of H-pyrrole nitrogens is 1. The van der Waals surface area contributed by atoms with Gasteiger partial charge in [-0.1, -0.05) is 0 Å². The van der Waals surface area contributed by atoms with E-state index in [2.05, 4.69) is 10.3 Å². The van der Waals surface area contributed by atoms with E-state index in [0.29, 0.717) is 17.0 Å². The smallest absolute Gasteiger partial charge is 0.355 e. The van der Waals surface area contributed by atoms with Crippen LogP contribution in [0.25, 0.3) is 10.9 Å². The minimum atomic E-state index is -1.07. The first kappa shape index (κ1) is 18.9. The molecule has 0 aliphatic rings. The average Bonchev–Trinajstić information content (AvgIpc) is 3.11. The highest BCUT2D eigenvalue weighted by Gasteiger charge is 2.20. The zero-order valence-corrected chi connectivity index (χ0v) is 15.1. The van der Waals surface area contributed by atoms with Gasteiger partial charge in [-0.3, -0.25) is 14.9 Å². The van der Waals surface area contributed by atoms with Gasteiger partial charge in [-0.2, -0.15) is 0 Å². The van der Waals surface area contributed by atoms with Gasteiger partial charge < -0.3 is 19.8 Å². The van der Waals surface area contributed by atoms with Crippen LogP contribution in [0.5, 0.6) is 5.75 Å². The first-order valence-electron chi connectivity index (χ1n) is 8.30. The fourth-order valence-electron chi connectivity index (χ4n) is 2.53. The summed E-state index contributed by atoms with van der Waals surface area (Å²) in [6.45, 7) is 1.43. The van der Waals surface area contributed by atoms with Gasteiger partial charge in [-0.25, -0.2) is 4.79 Å². The molecule has 0 aliphatic carbocycles. The first-order valence-corrected chi connectivity index (χ1v) is 8.30. The lowest BCUT2D eigenvalue weighted by Crippen LogP contribution is -2.30. The van der Waals surface area contributed by atoms with Crippen LogP contribution in [0.3, 0.4) is 0 Å². The summed E-state index contributed by atoms with van der Waals surface area (Å²) in [5.41, 5.74) is 1.18. The van der Waals surface area contributed by atoms with E-state index in [1.54, 1.807) is 31.4 Å². The highest BCUT2D eigenvalue weighted by atomic mass is 16.6. The number of carbonyl (C=O) groups is 2. The van der Waals surface area contributed by atoms with Gasteiger partial charge in [-0.05, 0) is 37.3 Å². The van der Waals surface area contributed by atoms with E-state index in [4.69, 9.17) is 9.47 Å². The largest absolute Gasteiger partial charge is 0.497 e. The maximum absolute atomic E-state index is 12.3. The van der Waals surface area contributed by atoms with E-state index in [1.807, 2.05) is 0 Å². The van der Waals surface area contributed by atoms with Crippen LogP contribution in [-0.2, 0) is 9.53 Å². The SMILES string of the molecule is COc1ccc2cc(C(=O)OC(C)C(=O)Nc3ccc([N+](=O)[O-])cc3)[nH]c2c1. The highest BCUT2D eigenvalue weighted by Crippen LogP contribution is 2.22. The Balaban J connectivity index is 1.64. The molecule has 9 heteroatoms. The van der Waals surface area contributed by atoms with Crippen molar-refractivity contribution < 1.29 is 24.0 Å². The molecule has 1 amide bonds. The van der Waals surface area contributed by atoms with Crippen molar-refractivity contribution in [3.8, 4) is 5.75 Å². The van der Waals surface area contributed by atoms with Gasteiger partial charge in [0.2, 0.25) is 0 Å². The Labute approximate surface area is 159 Å². The summed E-state index contributed by atoms with van der Waals surface area (Å²) in [6, 6.07) is 12.3. The molecule has 3 aromatic rings. The molecule has 0 radical (unpaired) electrons. The lowest BCUT2D eigenvalue weighted by molar-refractivity contribution is -0.384. The van der Waals surface area contributed by atoms with E-state index >= 15 is 0 Å².